The number of rotatable bonds is 3. The Hall–Kier alpha value is -2.93. The van der Waals surface area contributed by atoms with Crippen LogP contribution in [0.3, 0.4) is 0 Å². The van der Waals surface area contributed by atoms with Gasteiger partial charge >= 0.3 is 0 Å². The van der Waals surface area contributed by atoms with Gasteiger partial charge in [0.1, 0.15) is 5.82 Å². The highest BCUT2D eigenvalue weighted by atomic mass is 35.5. The molecule has 2 aromatic rings. The van der Waals surface area contributed by atoms with Gasteiger partial charge in [0.15, 0.2) is 0 Å². The van der Waals surface area contributed by atoms with Gasteiger partial charge in [0.25, 0.3) is 5.91 Å². The number of carbonyl (C=O) groups excluding carboxylic acids is 3. The normalized spacial score (nSPS) is 14.2. The molecule has 0 unspecified atom stereocenters. The Morgan fingerprint density at radius 2 is 1.84 bits per heavy atom. The number of anilines is 2. The number of hydrogen-bond donors (Lipinski definition) is 2. The molecular formula is C17H13ClFN3O3. The predicted molar refractivity (Wildman–Crippen MR) is 90.7 cm³/mol. The zero-order valence-corrected chi connectivity index (χ0v) is 13.6. The standard InChI is InChI=1S/C17H13ClFN3O3/c18-13-9-11(3-6-14(13)19)20-17(25)10-1-4-12(5-2-10)22-16(24)8-7-15(23)21-22/h1-6,9H,7-8H2,(H,20,25)(H,21,23). The second-order valence-corrected chi connectivity index (χ2v) is 5.80. The summed E-state index contributed by atoms with van der Waals surface area (Å²) in [6.45, 7) is 0. The van der Waals surface area contributed by atoms with Crippen molar-refractivity contribution in [1.82, 2.24) is 5.43 Å². The SMILES string of the molecule is O=C1CCC(=O)N(c2ccc(C(=O)Nc3ccc(F)c(Cl)c3)cc2)N1. The summed E-state index contributed by atoms with van der Waals surface area (Å²) in [7, 11) is 0. The summed E-state index contributed by atoms with van der Waals surface area (Å²) < 4.78 is 13.1. The van der Waals surface area contributed by atoms with Crippen LogP contribution in [0.25, 0.3) is 0 Å². The Bertz CT molecular complexity index is 855. The molecule has 1 heterocycles. The molecule has 3 amide bonds. The average Bonchev–Trinajstić information content (AvgIpc) is 2.60. The van der Waals surface area contributed by atoms with Crippen LogP contribution >= 0.6 is 11.6 Å². The largest absolute Gasteiger partial charge is 0.322 e. The first-order valence-electron chi connectivity index (χ1n) is 7.43. The minimum Gasteiger partial charge on any atom is -0.322 e. The summed E-state index contributed by atoms with van der Waals surface area (Å²) in [5.41, 5.74) is 3.63. The molecule has 1 aliphatic rings. The van der Waals surface area contributed by atoms with Crippen molar-refractivity contribution in [2.75, 3.05) is 10.3 Å². The molecule has 0 bridgehead atoms. The number of hydrazine groups is 1. The fourth-order valence-electron chi connectivity index (χ4n) is 2.32. The van der Waals surface area contributed by atoms with E-state index in [-0.39, 0.29) is 29.7 Å². The molecule has 1 aliphatic heterocycles. The third-order valence-electron chi connectivity index (χ3n) is 3.62. The zero-order valence-electron chi connectivity index (χ0n) is 12.9. The van der Waals surface area contributed by atoms with Gasteiger partial charge in [-0.3, -0.25) is 19.8 Å². The number of carbonyl (C=O) groups is 3. The van der Waals surface area contributed by atoms with E-state index >= 15 is 0 Å². The molecule has 6 nitrogen and oxygen atoms in total. The van der Waals surface area contributed by atoms with Crippen LogP contribution in [0.4, 0.5) is 15.8 Å². The van der Waals surface area contributed by atoms with E-state index in [4.69, 9.17) is 11.6 Å². The molecule has 0 radical (unpaired) electrons. The Labute approximate surface area is 147 Å². The van der Waals surface area contributed by atoms with Crippen LogP contribution < -0.4 is 15.8 Å². The summed E-state index contributed by atoms with van der Waals surface area (Å²) in [4.78, 5) is 35.5. The van der Waals surface area contributed by atoms with Crippen LogP contribution in [-0.4, -0.2) is 17.7 Å². The summed E-state index contributed by atoms with van der Waals surface area (Å²) in [5.74, 6) is -1.45. The van der Waals surface area contributed by atoms with Gasteiger partial charge in [0.2, 0.25) is 11.8 Å². The highest BCUT2D eigenvalue weighted by Crippen LogP contribution is 2.21. The Morgan fingerprint density at radius 1 is 1.12 bits per heavy atom. The molecule has 2 N–H and O–H groups in total. The van der Waals surface area contributed by atoms with Crippen molar-refractivity contribution in [3.8, 4) is 0 Å². The summed E-state index contributed by atoms with van der Waals surface area (Å²) in [6.07, 6.45) is 0.301. The first-order valence-corrected chi connectivity index (χ1v) is 7.81. The van der Waals surface area contributed by atoms with Crippen LogP contribution in [0.1, 0.15) is 23.2 Å². The van der Waals surface area contributed by atoms with Crippen LogP contribution in [0.5, 0.6) is 0 Å². The van der Waals surface area contributed by atoms with E-state index in [0.717, 1.165) is 11.1 Å². The van der Waals surface area contributed by atoms with Crippen LogP contribution in [0.15, 0.2) is 42.5 Å². The Morgan fingerprint density at radius 3 is 2.52 bits per heavy atom. The predicted octanol–water partition coefficient (Wildman–Crippen LogP) is 2.89. The van der Waals surface area contributed by atoms with Crippen LogP contribution in [0, 0.1) is 5.82 Å². The van der Waals surface area contributed by atoms with Crippen molar-refractivity contribution in [1.29, 1.82) is 0 Å². The number of hydrogen-bond acceptors (Lipinski definition) is 3. The molecule has 1 fully saturated rings. The average molecular weight is 362 g/mol. The molecule has 3 rings (SSSR count). The van der Waals surface area contributed by atoms with E-state index in [1.807, 2.05) is 0 Å². The third kappa shape index (κ3) is 3.77. The van der Waals surface area contributed by atoms with Crippen molar-refractivity contribution in [3.63, 3.8) is 0 Å². The first-order chi connectivity index (χ1) is 11.9. The maximum Gasteiger partial charge on any atom is 0.255 e. The molecule has 0 aliphatic carbocycles. The van der Waals surface area contributed by atoms with Gasteiger partial charge in [-0.2, -0.15) is 0 Å². The maximum atomic E-state index is 13.1. The first kappa shape index (κ1) is 16.9. The number of halogens is 2. The molecule has 0 atom stereocenters. The van der Waals surface area contributed by atoms with Gasteiger partial charge < -0.3 is 5.32 Å². The van der Waals surface area contributed by atoms with E-state index in [1.54, 1.807) is 12.1 Å². The fourth-order valence-corrected chi connectivity index (χ4v) is 2.50. The summed E-state index contributed by atoms with van der Waals surface area (Å²) in [6, 6.07) is 10.0. The summed E-state index contributed by atoms with van der Waals surface area (Å²) >= 11 is 5.68. The molecule has 2 aromatic carbocycles. The highest BCUT2D eigenvalue weighted by molar-refractivity contribution is 6.31. The number of amides is 3. The lowest BCUT2D eigenvalue weighted by Crippen LogP contribution is -2.50. The van der Waals surface area contributed by atoms with Gasteiger partial charge in [-0.15, -0.1) is 0 Å². The highest BCUT2D eigenvalue weighted by Gasteiger charge is 2.24. The van der Waals surface area contributed by atoms with E-state index in [9.17, 15) is 18.8 Å². The molecular weight excluding hydrogens is 349 g/mol. The van der Waals surface area contributed by atoms with E-state index in [1.165, 1.54) is 24.3 Å². The third-order valence-corrected chi connectivity index (χ3v) is 3.91. The minimum absolute atomic E-state index is 0.0903. The second kappa shape index (κ2) is 6.90. The monoisotopic (exact) mass is 361 g/mol. The molecule has 0 saturated carbocycles. The molecule has 0 spiro atoms. The molecule has 0 aromatic heterocycles. The Balaban J connectivity index is 1.73. The van der Waals surface area contributed by atoms with Crippen molar-refractivity contribution in [3.05, 3.63) is 58.9 Å². The lowest BCUT2D eigenvalue weighted by Gasteiger charge is -2.27. The fraction of sp³-hybridized carbons (Fsp3) is 0.118. The van der Waals surface area contributed by atoms with Crippen molar-refractivity contribution < 1.29 is 18.8 Å². The van der Waals surface area contributed by atoms with Crippen LogP contribution in [-0.2, 0) is 9.59 Å². The quantitative estimate of drug-likeness (QED) is 0.882. The number of nitrogens with zero attached hydrogens (tertiary/aromatic N) is 1. The van der Waals surface area contributed by atoms with Crippen LogP contribution in [0.2, 0.25) is 5.02 Å². The van der Waals surface area contributed by atoms with Gasteiger partial charge in [0, 0.05) is 24.1 Å². The van der Waals surface area contributed by atoms with Gasteiger partial charge in [0.05, 0.1) is 10.7 Å². The topological polar surface area (TPSA) is 78.5 Å². The maximum absolute atomic E-state index is 13.1. The lowest BCUT2D eigenvalue weighted by atomic mass is 10.1. The van der Waals surface area contributed by atoms with E-state index in [2.05, 4.69) is 10.7 Å². The van der Waals surface area contributed by atoms with E-state index < -0.39 is 11.7 Å². The molecule has 25 heavy (non-hydrogen) atoms. The zero-order chi connectivity index (χ0) is 18.0. The molecule has 1 saturated heterocycles. The second-order valence-electron chi connectivity index (χ2n) is 5.39. The van der Waals surface area contributed by atoms with E-state index in [0.29, 0.717) is 16.9 Å². The van der Waals surface area contributed by atoms with Gasteiger partial charge in [-0.1, -0.05) is 11.6 Å². The van der Waals surface area contributed by atoms with Crippen molar-refractivity contribution >= 4 is 40.7 Å². The van der Waals surface area contributed by atoms with Crippen molar-refractivity contribution in [2.45, 2.75) is 12.8 Å². The number of benzene rings is 2. The molecule has 8 heteroatoms. The summed E-state index contributed by atoms with van der Waals surface area (Å²) in [5, 5.41) is 3.67. The Kier molecular flexibility index (Phi) is 4.67. The smallest absolute Gasteiger partial charge is 0.255 e. The number of nitrogens with one attached hydrogen (secondary N) is 2. The van der Waals surface area contributed by atoms with Gasteiger partial charge in [-0.25, -0.2) is 9.40 Å². The minimum atomic E-state index is -0.572. The molecule has 128 valence electrons. The van der Waals surface area contributed by atoms with Crippen molar-refractivity contribution in [2.24, 2.45) is 0 Å². The van der Waals surface area contributed by atoms with Gasteiger partial charge in [-0.05, 0) is 42.5 Å². The lowest BCUT2D eigenvalue weighted by molar-refractivity contribution is -0.130.